The Morgan fingerprint density at radius 2 is 1.47 bits per heavy atom. The third-order valence-corrected chi connectivity index (χ3v) is 2.54. The van der Waals surface area contributed by atoms with Crippen LogP contribution in [-0.2, 0) is 13.1 Å². The Morgan fingerprint density at radius 1 is 0.895 bits per heavy atom. The second-order valence-corrected chi connectivity index (χ2v) is 4.03. The van der Waals surface area contributed by atoms with E-state index in [1.807, 2.05) is 60.7 Å². The second-order valence-electron chi connectivity index (χ2n) is 4.03. The highest BCUT2D eigenvalue weighted by Crippen LogP contribution is 2.01. The van der Waals surface area contributed by atoms with Crippen molar-refractivity contribution in [3.63, 3.8) is 0 Å². The van der Waals surface area contributed by atoms with Crippen LogP contribution >= 0.6 is 0 Å². The number of nitrogens with one attached hydrogen (secondary N) is 1. The molecule has 1 N–H and O–H groups in total. The lowest BCUT2D eigenvalue weighted by atomic mass is 10.2. The first-order valence-electron chi connectivity index (χ1n) is 6.08. The van der Waals surface area contributed by atoms with Crippen molar-refractivity contribution >= 4 is 6.03 Å². The van der Waals surface area contributed by atoms with Crippen molar-refractivity contribution in [3.8, 4) is 0 Å². The molecule has 2 amide bonds. The molecular weight excluding hydrogens is 238 g/mol. The summed E-state index contributed by atoms with van der Waals surface area (Å²) in [5.74, 6) is 0. The van der Waals surface area contributed by atoms with Crippen LogP contribution in [0.25, 0.3) is 0 Å². The van der Waals surface area contributed by atoms with Gasteiger partial charge in [0, 0.05) is 6.54 Å². The molecule has 0 saturated heterocycles. The fourth-order valence-corrected chi connectivity index (χ4v) is 1.57. The first kappa shape index (κ1) is 13.0. The van der Waals surface area contributed by atoms with Crippen molar-refractivity contribution in [2.75, 3.05) is 0 Å². The smallest absolute Gasteiger partial charge is 0.331 e. The number of nitrogens with zero attached hydrogens (tertiary/aromatic N) is 2. The molecular formula is C15H15N3O. The Hall–Kier alpha value is -2.49. The zero-order valence-electron chi connectivity index (χ0n) is 10.5. The van der Waals surface area contributed by atoms with Gasteiger partial charge in [0.25, 0.3) is 0 Å². The van der Waals surface area contributed by atoms with E-state index in [2.05, 4.69) is 15.5 Å². The number of hydrogen-bond donors (Lipinski definition) is 1. The van der Waals surface area contributed by atoms with E-state index in [0.29, 0.717) is 13.1 Å². The third-order valence-electron chi connectivity index (χ3n) is 2.54. The van der Waals surface area contributed by atoms with Gasteiger partial charge in [0.05, 0.1) is 6.54 Å². The van der Waals surface area contributed by atoms with Gasteiger partial charge in [0.1, 0.15) is 0 Å². The molecule has 0 bridgehead atoms. The summed E-state index contributed by atoms with van der Waals surface area (Å²) in [4.78, 5) is 11.4. The Labute approximate surface area is 112 Å². The summed E-state index contributed by atoms with van der Waals surface area (Å²) in [6.07, 6.45) is 0. The summed E-state index contributed by atoms with van der Waals surface area (Å²) >= 11 is 0. The van der Waals surface area contributed by atoms with E-state index >= 15 is 0 Å². The lowest BCUT2D eigenvalue weighted by Gasteiger charge is -2.00. The molecule has 0 atom stereocenters. The quantitative estimate of drug-likeness (QED) is 0.832. The van der Waals surface area contributed by atoms with Gasteiger partial charge >= 0.3 is 6.03 Å². The molecule has 0 aliphatic heterocycles. The number of urea groups is 1. The number of carbonyl (C=O) groups excluding carboxylic acids is 1. The molecule has 4 heteroatoms. The topological polar surface area (TPSA) is 53.8 Å². The first-order chi connectivity index (χ1) is 9.34. The van der Waals surface area contributed by atoms with E-state index in [4.69, 9.17) is 0 Å². The number of benzene rings is 2. The molecule has 0 fully saturated rings. The van der Waals surface area contributed by atoms with Crippen molar-refractivity contribution in [2.45, 2.75) is 13.1 Å². The lowest BCUT2D eigenvalue weighted by Crippen LogP contribution is -2.18. The minimum Gasteiger partial charge on any atom is -0.331 e. The van der Waals surface area contributed by atoms with E-state index in [1.165, 1.54) is 0 Å². The predicted molar refractivity (Wildman–Crippen MR) is 73.7 cm³/mol. The normalized spacial score (nSPS) is 10.5. The SMILES string of the molecule is O=C(N=NCc1ccccc1)NCc1ccccc1. The lowest BCUT2D eigenvalue weighted by molar-refractivity contribution is 0.247. The molecule has 0 aliphatic rings. The van der Waals surface area contributed by atoms with Crippen LogP contribution in [0.2, 0.25) is 0 Å². The molecule has 2 aromatic rings. The molecule has 19 heavy (non-hydrogen) atoms. The molecule has 0 aromatic heterocycles. The summed E-state index contributed by atoms with van der Waals surface area (Å²) in [6.45, 7) is 0.879. The fraction of sp³-hybridized carbons (Fsp3) is 0.133. The van der Waals surface area contributed by atoms with Gasteiger partial charge in [-0.15, -0.1) is 0 Å². The van der Waals surface area contributed by atoms with Crippen LogP contribution in [0.15, 0.2) is 70.9 Å². The van der Waals surface area contributed by atoms with E-state index in [-0.39, 0.29) is 0 Å². The second kappa shape index (κ2) is 7.06. The predicted octanol–water partition coefficient (Wildman–Crippen LogP) is 3.55. The van der Waals surface area contributed by atoms with Crippen LogP contribution < -0.4 is 5.32 Å². The Kier molecular flexibility index (Phi) is 4.81. The fourth-order valence-electron chi connectivity index (χ4n) is 1.57. The molecule has 4 nitrogen and oxygen atoms in total. The van der Waals surface area contributed by atoms with E-state index in [0.717, 1.165) is 11.1 Å². The van der Waals surface area contributed by atoms with Crippen molar-refractivity contribution in [3.05, 3.63) is 71.8 Å². The van der Waals surface area contributed by atoms with E-state index in [1.54, 1.807) is 0 Å². The van der Waals surface area contributed by atoms with Crippen molar-refractivity contribution < 1.29 is 4.79 Å². The minimum atomic E-state index is -0.417. The van der Waals surface area contributed by atoms with Gasteiger partial charge in [-0.1, -0.05) is 65.8 Å². The van der Waals surface area contributed by atoms with Crippen LogP contribution in [-0.4, -0.2) is 6.03 Å². The van der Waals surface area contributed by atoms with E-state index in [9.17, 15) is 4.79 Å². The number of hydrogen-bond acceptors (Lipinski definition) is 2. The van der Waals surface area contributed by atoms with Gasteiger partial charge in [0.2, 0.25) is 0 Å². The van der Waals surface area contributed by atoms with E-state index < -0.39 is 6.03 Å². The zero-order valence-corrected chi connectivity index (χ0v) is 10.5. The van der Waals surface area contributed by atoms with Gasteiger partial charge in [-0.3, -0.25) is 0 Å². The van der Waals surface area contributed by atoms with Gasteiger partial charge in [-0.25, -0.2) is 4.79 Å². The number of azo groups is 1. The summed E-state index contributed by atoms with van der Waals surface area (Å²) in [5, 5.41) is 10.2. The largest absolute Gasteiger partial charge is 0.359 e. The Morgan fingerprint density at radius 3 is 2.11 bits per heavy atom. The highest BCUT2D eigenvalue weighted by Gasteiger charge is 1.97. The standard InChI is InChI=1S/C15H15N3O/c19-15(16-11-13-7-3-1-4-8-13)18-17-12-14-9-5-2-6-10-14/h1-10H,11-12H2,(H,16,19). The molecule has 0 heterocycles. The van der Waals surface area contributed by atoms with Crippen LogP contribution in [0.3, 0.4) is 0 Å². The molecule has 0 radical (unpaired) electrons. The van der Waals surface area contributed by atoms with Crippen LogP contribution in [0, 0.1) is 0 Å². The first-order valence-corrected chi connectivity index (χ1v) is 6.08. The number of rotatable bonds is 4. The monoisotopic (exact) mass is 253 g/mol. The average Bonchev–Trinajstić information content (AvgIpc) is 2.47. The van der Waals surface area contributed by atoms with Crippen LogP contribution in [0.4, 0.5) is 4.79 Å². The number of amides is 2. The molecule has 2 rings (SSSR count). The average molecular weight is 253 g/mol. The van der Waals surface area contributed by atoms with Crippen molar-refractivity contribution in [1.82, 2.24) is 5.32 Å². The van der Waals surface area contributed by atoms with Crippen LogP contribution in [0.1, 0.15) is 11.1 Å². The summed E-state index contributed by atoms with van der Waals surface area (Å²) < 4.78 is 0. The number of carbonyl (C=O) groups is 1. The maximum Gasteiger partial charge on any atom is 0.359 e. The van der Waals surface area contributed by atoms with Gasteiger partial charge in [-0.05, 0) is 11.1 Å². The molecule has 0 saturated carbocycles. The molecule has 96 valence electrons. The molecule has 0 spiro atoms. The van der Waals surface area contributed by atoms with Crippen LogP contribution in [0.5, 0.6) is 0 Å². The van der Waals surface area contributed by atoms with Gasteiger partial charge < -0.3 is 5.32 Å². The minimum absolute atomic E-state index is 0.416. The summed E-state index contributed by atoms with van der Waals surface area (Å²) in [7, 11) is 0. The maximum atomic E-state index is 11.4. The summed E-state index contributed by atoms with van der Waals surface area (Å²) in [5.41, 5.74) is 2.07. The van der Waals surface area contributed by atoms with Crippen molar-refractivity contribution in [2.24, 2.45) is 10.2 Å². The maximum absolute atomic E-state index is 11.4. The highest BCUT2D eigenvalue weighted by molar-refractivity contribution is 5.74. The highest BCUT2D eigenvalue weighted by atomic mass is 16.2. The molecule has 0 unspecified atom stereocenters. The summed E-state index contributed by atoms with van der Waals surface area (Å²) in [6, 6.07) is 19.0. The van der Waals surface area contributed by atoms with Crippen molar-refractivity contribution in [1.29, 1.82) is 0 Å². The van der Waals surface area contributed by atoms with Gasteiger partial charge in [0.15, 0.2) is 0 Å². The molecule has 0 aliphatic carbocycles. The Balaban J connectivity index is 1.75. The third kappa shape index (κ3) is 4.71. The van der Waals surface area contributed by atoms with Gasteiger partial charge in [-0.2, -0.15) is 5.11 Å². The zero-order chi connectivity index (χ0) is 13.3. The Bertz CT molecular complexity index is 538. The molecule has 2 aromatic carbocycles.